The van der Waals surface area contributed by atoms with E-state index in [-0.39, 0.29) is 17.9 Å². The van der Waals surface area contributed by atoms with Gasteiger partial charge in [0.1, 0.15) is 6.54 Å². The third-order valence-corrected chi connectivity index (χ3v) is 4.93. The Morgan fingerprint density at radius 1 is 1.50 bits per heavy atom. The molecular weight excluding hydrogens is 254 g/mol. The highest BCUT2D eigenvalue weighted by Gasteiger charge is 2.57. The molecule has 2 aliphatic rings. The van der Waals surface area contributed by atoms with Gasteiger partial charge in [0.25, 0.3) is 0 Å². The highest BCUT2D eigenvalue weighted by Crippen LogP contribution is 2.56. The number of hydrogen-bond acceptors (Lipinski definition) is 4. The summed E-state index contributed by atoms with van der Waals surface area (Å²) in [7, 11) is 2.01. The molecule has 0 aliphatic heterocycles. The van der Waals surface area contributed by atoms with E-state index in [0.29, 0.717) is 18.7 Å². The van der Waals surface area contributed by atoms with Gasteiger partial charge in [-0.15, -0.1) is 0 Å². The van der Waals surface area contributed by atoms with Gasteiger partial charge >= 0.3 is 0 Å². The number of carbonyl (C=O) groups excluding carboxylic acids is 1. The summed E-state index contributed by atoms with van der Waals surface area (Å²) in [4.78, 5) is 13.9. The molecule has 20 heavy (non-hydrogen) atoms. The Balaban J connectivity index is 1.92. The Kier molecular flexibility index (Phi) is 5.00. The van der Waals surface area contributed by atoms with Crippen molar-refractivity contribution in [2.24, 2.45) is 5.41 Å². The molecule has 112 valence electrons. The molecule has 0 aromatic rings. The van der Waals surface area contributed by atoms with Crippen molar-refractivity contribution in [3.05, 3.63) is 0 Å². The first-order valence-electron chi connectivity index (χ1n) is 7.59. The third kappa shape index (κ3) is 2.82. The van der Waals surface area contributed by atoms with Crippen LogP contribution in [0.25, 0.3) is 0 Å². The maximum Gasteiger partial charge on any atom is 0.235 e. The SMILES string of the molecule is CCOC1CC(N(C)CC(=O)NCC#N)C12CCCC2. The molecule has 1 amide bonds. The first kappa shape index (κ1) is 15.3. The van der Waals surface area contributed by atoms with E-state index in [9.17, 15) is 4.79 Å². The fraction of sp³-hybridized carbons (Fsp3) is 0.867. The van der Waals surface area contributed by atoms with Crippen LogP contribution < -0.4 is 5.32 Å². The minimum atomic E-state index is -0.0675. The van der Waals surface area contributed by atoms with Crippen molar-refractivity contribution in [1.29, 1.82) is 5.26 Å². The predicted molar refractivity (Wildman–Crippen MR) is 76.0 cm³/mol. The molecular formula is C15H25N3O2. The van der Waals surface area contributed by atoms with Crippen LogP contribution in [0.3, 0.4) is 0 Å². The molecule has 0 saturated heterocycles. The minimum Gasteiger partial charge on any atom is -0.378 e. The topological polar surface area (TPSA) is 65.4 Å². The largest absolute Gasteiger partial charge is 0.378 e. The van der Waals surface area contributed by atoms with Crippen molar-refractivity contribution in [1.82, 2.24) is 10.2 Å². The Morgan fingerprint density at radius 3 is 2.80 bits per heavy atom. The van der Waals surface area contributed by atoms with Gasteiger partial charge in [-0.05, 0) is 33.2 Å². The lowest BCUT2D eigenvalue weighted by molar-refractivity contribution is -0.163. The molecule has 0 heterocycles. The van der Waals surface area contributed by atoms with Crippen LogP contribution in [0.4, 0.5) is 0 Å². The molecule has 0 aromatic heterocycles. The Hall–Kier alpha value is -1.12. The van der Waals surface area contributed by atoms with E-state index < -0.39 is 0 Å². The number of nitrogens with zero attached hydrogens (tertiary/aromatic N) is 2. The lowest BCUT2D eigenvalue weighted by atomic mass is 9.60. The number of amides is 1. The van der Waals surface area contributed by atoms with Crippen LogP contribution >= 0.6 is 0 Å². The second kappa shape index (κ2) is 6.55. The van der Waals surface area contributed by atoms with Crippen molar-refractivity contribution in [2.45, 2.75) is 51.2 Å². The van der Waals surface area contributed by atoms with E-state index in [4.69, 9.17) is 10.00 Å². The molecule has 2 unspecified atom stereocenters. The summed E-state index contributed by atoms with van der Waals surface area (Å²) in [6.07, 6.45) is 6.36. The van der Waals surface area contributed by atoms with Crippen molar-refractivity contribution >= 4 is 5.91 Å². The average molecular weight is 279 g/mol. The maximum atomic E-state index is 11.7. The van der Waals surface area contributed by atoms with E-state index >= 15 is 0 Å². The second-order valence-corrected chi connectivity index (χ2v) is 5.99. The Labute approximate surface area is 121 Å². The molecule has 2 fully saturated rings. The van der Waals surface area contributed by atoms with Crippen LogP contribution in [0.5, 0.6) is 0 Å². The number of hydrogen-bond donors (Lipinski definition) is 1. The number of carbonyl (C=O) groups is 1. The number of nitrogens with one attached hydrogen (secondary N) is 1. The lowest BCUT2D eigenvalue weighted by Gasteiger charge is -2.57. The zero-order valence-electron chi connectivity index (χ0n) is 12.5. The van der Waals surface area contributed by atoms with Gasteiger partial charge in [-0.1, -0.05) is 12.8 Å². The van der Waals surface area contributed by atoms with Crippen LogP contribution in [0.2, 0.25) is 0 Å². The van der Waals surface area contributed by atoms with E-state index in [0.717, 1.165) is 13.0 Å². The summed E-state index contributed by atoms with van der Waals surface area (Å²) in [6, 6.07) is 2.37. The monoisotopic (exact) mass is 279 g/mol. The van der Waals surface area contributed by atoms with Gasteiger partial charge in [-0.3, -0.25) is 9.69 Å². The predicted octanol–water partition coefficient (Wildman–Crippen LogP) is 1.30. The number of nitriles is 1. The van der Waals surface area contributed by atoms with Crippen LogP contribution in [0.1, 0.15) is 39.0 Å². The quantitative estimate of drug-likeness (QED) is 0.744. The summed E-state index contributed by atoms with van der Waals surface area (Å²) in [6.45, 7) is 3.28. The molecule has 2 saturated carbocycles. The molecule has 0 bridgehead atoms. The molecule has 1 spiro atoms. The first-order chi connectivity index (χ1) is 9.64. The zero-order valence-corrected chi connectivity index (χ0v) is 12.5. The fourth-order valence-electron chi connectivity index (χ4n) is 4.00. The highest BCUT2D eigenvalue weighted by atomic mass is 16.5. The minimum absolute atomic E-state index is 0.0675. The van der Waals surface area contributed by atoms with Crippen LogP contribution in [-0.2, 0) is 9.53 Å². The first-order valence-corrected chi connectivity index (χ1v) is 7.59. The number of rotatable bonds is 6. The Morgan fingerprint density at radius 2 is 2.20 bits per heavy atom. The maximum absolute atomic E-state index is 11.7. The molecule has 2 aliphatic carbocycles. The smallest absolute Gasteiger partial charge is 0.235 e. The van der Waals surface area contributed by atoms with Gasteiger partial charge in [-0.2, -0.15) is 5.26 Å². The van der Waals surface area contributed by atoms with Gasteiger partial charge in [-0.25, -0.2) is 0 Å². The molecule has 0 aromatic carbocycles. The lowest BCUT2D eigenvalue weighted by Crippen LogP contribution is -2.63. The summed E-state index contributed by atoms with van der Waals surface area (Å²) in [5.41, 5.74) is 0.264. The van der Waals surface area contributed by atoms with Crippen LogP contribution in [0.15, 0.2) is 0 Å². The standard InChI is InChI=1S/C15H25N3O2/c1-3-20-13-10-12(15(13)6-4-5-7-15)18(2)11-14(19)17-9-8-16/h12-13H,3-7,9-11H2,1-2H3,(H,17,19). The molecule has 1 N–H and O–H groups in total. The van der Waals surface area contributed by atoms with Crippen LogP contribution in [-0.4, -0.2) is 49.7 Å². The third-order valence-electron chi connectivity index (χ3n) is 4.93. The summed E-state index contributed by atoms with van der Waals surface area (Å²) >= 11 is 0. The van der Waals surface area contributed by atoms with Crippen molar-refractivity contribution in [2.75, 3.05) is 26.7 Å². The van der Waals surface area contributed by atoms with Crippen LogP contribution in [0, 0.1) is 16.7 Å². The van der Waals surface area contributed by atoms with E-state index in [2.05, 4.69) is 17.1 Å². The summed E-state index contributed by atoms with van der Waals surface area (Å²) in [5, 5.41) is 11.1. The van der Waals surface area contributed by atoms with E-state index in [1.807, 2.05) is 13.1 Å². The summed E-state index contributed by atoms with van der Waals surface area (Å²) < 4.78 is 5.90. The van der Waals surface area contributed by atoms with Gasteiger partial charge in [0.15, 0.2) is 0 Å². The van der Waals surface area contributed by atoms with Gasteiger partial charge in [0, 0.05) is 18.1 Å². The van der Waals surface area contributed by atoms with Gasteiger partial charge in [0.2, 0.25) is 5.91 Å². The second-order valence-electron chi connectivity index (χ2n) is 5.99. The van der Waals surface area contributed by atoms with E-state index in [1.165, 1.54) is 25.7 Å². The van der Waals surface area contributed by atoms with Gasteiger partial charge < -0.3 is 10.1 Å². The summed E-state index contributed by atoms with van der Waals surface area (Å²) in [5.74, 6) is -0.0675. The zero-order chi connectivity index (χ0) is 14.6. The van der Waals surface area contributed by atoms with Crippen molar-refractivity contribution < 1.29 is 9.53 Å². The molecule has 5 heteroatoms. The van der Waals surface area contributed by atoms with E-state index in [1.54, 1.807) is 0 Å². The molecule has 0 radical (unpaired) electrons. The molecule has 2 atom stereocenters. The van der Waals surface area contributed by atoms with Gasteiger partial charge in [0.05, 0.1) is 18.7 Å². The van der Waals surface area contributed by atoms with Crippen molar-refractivity contribution in [3.8, 4) is 6.07 Å². The number of ether oxygens (including phenoxy) is 1. The number of likely N-dealkylation sites (N-methyl/N-ethyl adjacent to an activating group) is 1. The molecule has 5 nitrogen and oxygen atoms in total. The average Bonchev–Trinajstić information content (AvgIpc) is 2.92. The molecule has 2 rings (SSSR count). The fourth-order valence-corrected chi connectivity index (χ4v) is 4.00. The Bertz CT molecular complexity index is 385. The van der Waals surface area contributed by atoms with Crippen molar-refractivity contribution in [3.63, 3.8) is 0 Å². The normalized spacial score (nSPS) is 27.3. The highest BCUT2D eigenvalue weighted by molar-refractivity contribution is 5.78.